The van der Waals surface area contributed by atoms with Crippen molar-refractivity contribution in [2.45, 2.75) is 57.5 Å². The zero-order valence-electron chi connectivity index (χ0n) is 38.5. The highest BCUT2D eigenvalue weighted by Crippen LogP contribution is 2.41. The SMILES string of the molecule is COc1cc(N2CCC(N3CCN(C[C@H]4CCN(c5ccc6c(c5)C(=O)N(C5CCC(=O)NC5=O)C6=O)C4)CC3)CC2)c(C)cc1Nc1ncc(Br)c(Nc2cccc3c2N(S(C)(=O)=O)CC3)n1. The molecule has 3 N–H and O–H groups in total. The van der Waals surface area contributed by atoms with Crippen LogP contribution < -0.4 is 34.8 Å². The molecule has 358 valence electrons. The quantitative estimate of drug-likeness (QED) is 0.163. The Morgan fingerprint density at radius 3 is 2.35 bits per heavy atom. The van der Waals surface area contributed by atoms with Crippen molar-refractivity contribution >= 4 is 89.8 Å². The molecule has 0 spiro atoms. The lowest BCUT2D eigenvalue weighted by Gasteiger charge is -2.44. The van der Waals surface area contributed by atoms with Gasteiger partial charge in [-0.3, -0.25) is 38.6 Å². The molecule has 6 aliphatic rings. The summed E-state index contributed by atoms with van der Waals surface area (Å²) in [4.78, 5) is 71.2. The number of piperidine rings is 2. The molecule has 20 heteroatoms. The van der Waals surface area contributed by atoms with Crippen LogP contribution in [0.5, 0.6) is 5.75 Å². The largest absolute Gasteiger partial charge is 0.494 e. The van der Waals surface area contributed by atoms with Gasteiger partial charge in [-0.1, -0.05) is 12.1 Å². The molecule has 0 saturated carbocycles. The van der Waals surface area contributed by atoms with Gasteiger partial charge < -0.3 is 30.1 Å². The lowest BCUT2D eigenvalue weighted by atomic mass is 10.00. The van der Waals surface area contributed by atoms with E-state index >= 15 is 0 Å². The third-order valence-corrected chi connectivity index (χ3v) is 16.2. The smallest absolute Gasteiger partial charge is 0.262 e. The Bertz CT molecular complexity index is 2800. The topological polar surface area (TPSA) is 193 Å². The van der Waals surface area contributed by atoms with Crippen molar-refractivity contribution < 1.29 is 32.3 Å². The normalized spacial score (nSPS) is 21.6. The maximum Gasteiger partial charge on any atom is 0.262 e. The minimum Gasteiger partial charge on any atom is -0.494 e. The first kappa shape index (κ1) is 45.9. The fraction of sp³-hybridized carbons (Fsp3) is 0.458. The fourth-order valence-electron chi connectivity index (χ4n) is 10.9. The second-order valence-electron chi connectivity index (χ2n) is 18.7. The maximum absolute atomic E-state index is 13.4. The van der Waals surface area contributed by atoms with Gasteiger partial charge in [-0.05, 0) is 102 Å². The Balaban J connectivity index is 0.705. The van der Waals surface area contributed by atoms with Gasteiger partial charge in [0.05, 0.1) is 46.0 Å². The summed E-state index contributed by atoms with van der Waals surface area (Å²) in [5.74, 6) is 0.0714. The molecule has 6 aliphatic heterocycles. The molecule has 68 heavy (non-hydrogen) atoms. The summed E-state index contributed by atoms with van der Waals surface area (Å²) < 4.78 is 33.2. The first-order valence-corrected chi connectivity index (χ1v) is 26.0. The predicted octanol–water partition coefficient (Wildman–Crippen LogP) is 4.88. The summed E-state index contributed by atoms with van der Waals surface area (Å²) in [6.45, 7) is 11.3. The molecule has 4 saturated heterocycles. The molecule has 0 aliphatic carbocycles. The molecule has 4 aromatic rings. The molecule has 3 aromatic carbocycles. The number of hydrogen-bond acceptors (Lipinski definition) is 15. The zero-order valence-corrected chi connectivity index (χ0v) is 40.9. The lowest BCUT2D eigenvalue weighted by Crippen LogP contribution is -2.54. The molecule has 0 bridgehead atoms. The minimum atomic E-state index is -3.45. The number of fused-ring (bicyclic) bond motifs is 2. The van der Waals surface area contributed by atoms with Crippen molar-refractivity contribution in [2.24, 2.45) is 5.92 Å². The van der Waals surface area contributed by atoms with Crippen LogP contribution in [-0.2, 0) is 26.0 Å². The third-order valence-electron chi connectivity index (χ3n) is 14.4. The number of hydrogen-bond donors (Lipinski definition) is 3. The van der Waals surface area contributed by atoms with E-state index in [9.17, 15) is 27.6 Å². The van der Waals surface area contributed by atoms with Crippen molar-refractivity contribution in [1.29, 1.82) is 0 Å². The van der Waals surface area contributed by atoms with Gasteiger partial charge in [0.2, 0.25) is 27.8 Å². The number of ether oxygens (including phenoxy) is 1. The Hall–Kier alpha value is -5.83. The van der Waals surface area contributed by atoms with Crippen molar-refractivity contribution in [2.75, 3.05) is 104 Å². The van der Waals surface area contributed by atoms with E-state index in [-0.39, 0.29) is 18.7 Å². The number of piperazine rings is 1. The number of aryl methyl sites for hydroxylation is 1. The van der Waals surface area contributed by atoms with Gasteiger partial charge in [0.25, 0.3) is 11.8 Å². The van der Waals surface area contributed by atoms with Crippen molar-refractivity contribution in [3.8, 4) is 5.75 Å². The number of methoxy groups -OCH3 is 1. The van der Waals surface area contributed by atoms with Crippen LogP contribution in [0.25, 0.3) is 0 Å². The van der Waals surface area contributed by atoms with Crippen molar-refractivity contribution in [1.82, 2.24) is 30.0 Å². The molecule has 10 rings (SSSR count). The second kappa shape index (κ2) is 18.6. The molecule has 1 unspecified atom stereocenters. The Morgan fingerprint density at radius 2 is 1.60 bits per heavy atom. The molecule has 4 amide bonds. The highest BCUT2D eigenvalue weighted by Gasteiger charge is 2.45. The van der Waals surface area contributed by atoms with E-state index in [1.54, 1.807) is 25.4 Å². The number of amides is 4. The van der Waals surface area contributed by atoms with E-state index in [0.29, 0.717) is 69.4 Å². The van der Waals surface area contributed by atoms with E-state index < -0.39 is 33.8 Å². The van der Waals surface area contributed by atoms with Crippen LogP contribution in [0, 0.1) is 12.8 Å². The van der Waals surface area contributed by atoms with Gasteiger partial charge in [-0.2, -0.15) is 4.98 Å². The van der Waals surface area contributed by atoms with Gasteiger partial charge in [0, 0.05) is 102 Å². The number of para-hydroxylation sites is 1. The molecule has 2 atom stereocenters. The van der Waals surface area contributed by atoms with Gasteiger partial charge in [-0.15, -0.1) is 0 Å². The molecule has 4 fully saturated rings. The number of carbonyl (C=O) groups is 4. The summed E-state index contributed by atoms with van der Waals surface area (Å²) in [6.07, 6.45) is 6.96. The number of sulfonamides is 1. The predicted molar refractivity (Wildman–Crippen MR) is 263 cm³/mol. The summed E-state index contributed by atoms with van der Waals surface area (Å²) in [7, 11) is -1.79. The Kier molecular flexibility index (Phi) is 12.6. The number of halogens is 1. The molecule has 7 heterocycles. The minimum absolute atomic E-state index is 0.0936. The molecule has 1 aromatic heterocycles. The maximum atomic E-state index is 13.4. The standard InChI is InChI=1S/C48H56BrN11O7S/c1-29-23-38(52-48-50-26-36(49)44(54-48)51-37-6-4-5-31-12-18-59(43(31)37)68(3,65)66)41(67-2)25-40(29)57-16-13-32(14-17-57)56-21-19-55(20-22-56)27-30-11-15-58(28-30)33-7-8-34-35(24-33)47(64)60(46(34)63)39-9-10-42(61)53-45(39)62/h4-8,23-26,30,32,39H,9-22,27-28H2,1-3H3,(H,53,61,62)(H2,50,51,52,54)/t30-,39?/m1/s1. The lowest BCUT2D eigenvalue weighted by molar-refractivity contribution is -0.136. The average Bonchev–Trinajstić information content (AvgIpc) is 4.05. The van der Waals surface area contributed by atoms with Gasteiger partial charge in [-0.25, -0.2) is 13.4 Å². The first-order chi connectivity index (χ1) is 32.7. The van der Waals surface area contributed by atoms with Crippen LogP contribution in [0.3, 0.4) is 0 Å². The van der Waals surface area contributed by atoms with Crippen LogP contribution in [-0.4, -0.2) is 148 Å². The Labute approximate surface area is 404 Å². The molecule has 0 radical (unpaired) electrons. The van der Waals surface area contributed by atoms with Gasteiger partial charge >= 0.3 is 0 Å². The summed E-state index contributed by atoms with van der Waals surface area (Å²) in [6, 6.07) is 14.8. The Morgan fingerprint density at radius 1 is 0.838 bits per heavy atom. The van der Waals surface area contributed by atoms with Crippen LogP contribution in [0.2, 0.25) is 0 Å². The van der Waals surface area contributed by atoms with Gasteiger partial charge in [0.15, 0.2) is 0 Å². The van der Waals surface area contributed by atoms with Crippen LogP contribution in [0.4, 0.5) is 40.2 Å². The highest BCUT2D eigenvalue weighted by molar-refractivity contribution is 9.10. The van der Waals surface area contributed by atoms with Crippen molar-refractivity contribution in [3.63, 3.8) is 0 Å². The number of aromatic nitrogens is 2. The van der Waals surface area contributed by atoms with Crippen molar-refractivity contribution in [3.05, 3.63) is 81.5 Å². The highest BCUT2D eigenvalue weighted by atomic mass is 79.9. The number of nitrogens with zero attached hydrogens (tertiary/aromatic N) is 8. The average molecular weight is 1010 g/mol. The molecular weight excluding hydrogens is 955 g/mol. The number of rotatable bonds is 12. The van der Waals surface area contributed by atoms with Crippen LogP contribution >= 0.6 is 15.9 Å². The summed E-state index contributed by atoms with van der Waals surface area (Å²) >= 11 is 3.57. The summed E-state index contributed by atoms with van der Waals surface area (Å²) in [5, 5.41) is 8.96. The van der Waals surface area contributed by atoms with E-state index in [4.69, 9.17) is 9.72 Å². The molecular formula is C48H56BrN11O7S. The van der Waals surface area contributed by atoms with E-state index in [1.807, 2.05) is 24.3 Å². The molecule has 18 nitrogen and oxygen atoms in total. The van der Waals surface area contributed by atoms with Crippen LogP contribution in [0.15, 0.2) is 59.2 Å². The first-order valence-electron chi connectivity index (χ1n) is 23.4. The second-order valence-corrected chi connectivity index (χ2v) is 21.5. The summed E-state index contributed by atoms with van der Waals surface area (Å²) in [5.41, 5.74) is 6.77. The fourth-order valence-corrected chi connectivity index (χ4v) is 12.2. The number of anilines is 7. The van der Waals surface area contributed by atoms with E-state index in [0.717, 1.165) is 111 Å². The van der Waals surface area contributed by atoms with Crippen LogP contribution in [0.1, 0.15) is 63.9 Å². The van der Waals surface area contributed by atoms with Gasteiger partial charge in [0.1, 0.15) is 17.6 Å². The monoisotopic (exact) mass is 1010 g/mol. The number of benzene rings is 3. The number of nitrogens with one attached hydrogen (secondary N) is 3. The number of carbonyl (C=O) groups excluding carboxylic acids is 4. The zero-order chi connectivity index (χ0) is 47.4. The van der Waals surface area contributed by atoms with E-state index in [1.165, 1.54) is 10.6 Å². The third kappa shape index (κ3) is 8.98. The van der Waals surface area contributed by atoms with E-state index in [2.05, 4.69) is 75.5 Å². The number of imide groups is 2.